The van der Waals surface area contributed by atoms with Crippen molar-refractivity contribution < 1.29 is 14.3 Å². The van der Waals surface area contributed by atoms with E-state index in [4.69, 9.17) is 4.74 Å². The molecule has 0 unspecified atom stereocenters. The van der Waals surface area contributed by atoms with Crippen LogP contribution in [0.1, 0.15) is 31.9 Å². The van der Waals surface area contributed by atoms with Crippen molar-refractivity contribution >= 4 is 21.9 Å². The van der Waals surface area contributed by atoms with Gasteiger partial charge >= 0.3 is 5.97 Å². The molecule has 18 heavy (non-hydrogen) atoms. The summed E-state index contributed by atoms with van der Waals surface area (Å²) in [4.78, 5) is 11.3. The Hall–Kier alpha value is -1.03. The molecule has 0 aliphatic carbocycles. The van der Waals surface area contributed by atoms with Crippen LogP contribution in [0.3, 0.4) is 0 Å². The normalized spacial score (nSPS) is 11.2. The maximum atomic E-state index is 11.3. The number of carbonyl (C=O) groups is 1. The monoisotopic (exact) mass is 314 g/mol. The zero-order valence-corrected chi connectivity index (χ0v) is 13.1. The maximum Gasteiger partial charge on any atom is 0.310 e. The molecule has 0 atom stereocenters. The highest BCUT2D eigenvalue weighted by molar-refractivity contribution is 9.10. The van der Waals surface area contributed by atoms with E-state index in [1.807, 2.05) is 12.1 Å². The molecule has 0 radical (unpaired) electrons. The summed E-state index contributed by atoms with van der Waals surface area (Å²) in [5.74, 6) is 0.533. The maximum absolute atomic E-state index is 11.3. The molecule has 100 valence electrons. The van der Waals surface area contributed by atoms with Gasteiger partial charge in [0.25, 0.3) is 0 Å². The lowest BCUT2D eigenvalue weighted by molar-refractivity contribution is -0.139. The summed E-state index contributed by atoms with van der Waals surface area (Å²) in [5.41, 5.74) is 1.95. The number of ether oxygens (including phenoxy) is 2. The molecule has 0 aliphatic heterocycles. The summed E-state index contributed by atoms with van der Waals surface area (Å²) in [6.07, 6.45) is 0.234. The van der Waals surface area contributed by atoms with Crippen LogP contribution in [-0.2, 0) is 21.4 Å². The Labute approximate surface area is 117 Å². The van der Waals surface area contributed by atoms with Gasteiger partial charge in [0.2, 0.25) is 0 Å². The summed E-state index contributed by atoms with van der Waals surface area (Å²) in [6, 6.07) is 3.90. The second-order valence-electron chi connectivity index (χ2n) is 5.15. The van der Waals surface area contributed by atoms with Gasteiger partial charge in [-0.3, -0.25) is 4.79 Å². The van der Waals surface area contributed by atoms with E-state index in [0.29, 0.717) is 0 Å². The molecular weight excluding hydrogens is 296 g/mol. The van der Waals surface area contributed by atoms with Gasteiger partial charge < -0.3 is 9.47 Å². The predicted molar refractivity (Wildman–Crippen MR) is 75.1 cm³/mol. The third kappa shape index (κ3) is 3.48. The molecule has 0 saturated heterocycles. The molecule has 0 N–H and O–H groups in total. The van der Waals surface area contributed by atoms with Gasteiger partial charge in [0.1, 0.15) is 5.75 Å². The first kappa shape index (κ1) is 15.0. The van der Waals surface area contributed by atoms with Crippen molar-refractivity contribution in [3.05, 3.63) is 27.7 Å². The number of methoxy groups -OCH3 is 2. The van der Waals surface area contributed by atoms with Crippen LogP contribution in [0.2, 0.25) is 0 Å². The predicted octanol–water partition coefficient (Wildman–Crippen LogP) is 3.47. The van der Waals surface area contributed by atoms with Crippen LogP contribution in [-0.4, -0.2) is 20.2 Å². The molecule has 1 aromatic rings. The molecule has 1 rings (SSSR count). The van der Waals surface area contributed by atoms with Crippen LogP contribution in [0.5, 0.6) is 5.75 Å². The van der Waals surface area contributed by atoms with Crippen LogP contribution in [0.4, 0.5) is 0 Å². The van der Waals surface area contributed by atoms with Gasteiger partial charge in [-0.1, -0.05) is 36.7 Å². The van der Waals surface area contributed by atoms with Crippen molar-refractivity contribution in [2.45, 2.75) is 32.6 Å². The van der Waals surface area contributed by atoms with Gasteiger partial charge in [-0.15, -0.1) is 0 Å². The second-order valence-corrected chi connectivity index (χ2v) is 6.00. The minimum atomic E-state index is -0.263. The molecule has 4 heteroatoms. The van der Waals surface area contributed by atoms with Crippen LogP contribution < -0.4 is 4.74 Å². The molecule has 1 aromatic carbocycles. The summed E-state index contributed by atoms with van der Waals surface area (Å²) >= 11 is 3.50. The lowest BCUT2D eigenvalue weighted by Crippen LogP contribution is -2.14. The zero-order valence-electron chi connectivity index (χ0n) is 11.5. The van der Waals surface area contributed by atoms with Gasteiger partial charge in [-0.05, 0) is 23.1 Å². The molecule has 0 heterocycles. The third-order valence-electron chi connectivity index (χ3n) is 2.74. The number of benzene rings is 1. The smallest absolute Gasteiger partial charge is 0.310 e. The standard InChI is InChI=1S/C14H19BrO3/c1-14(2,3)10-8-11(15)9(6-12(10)17-4)7-13(16)18-5/h6,8H,7H2,1-5H3. The number of esters is 1. The molecule has 0 fully saturated rings. The molecule has 0 spiro atoms. The summed E-state index contributed by atoms with van der Waals surface area (Å²) < 4.78 is 11.0. The fourth-order valence-electron chi connectivity index (χ4n) is 1.71. The molecule has 0 saturated carbocycles. The number of carbonyl (C=O) groups excluding carboxylic acids is 1. The van der Waals surface area contributed by atoms with E-state index in [1.54, 1.807) is 7.11 Å². The van der Waals surface area contributed by atoms with Gasteiger partial charge in [0.15, 0.2) is 0 Å². The molecule has 0 amide bonds. The Morgan fingerprint density at radius 3 is 2.33 bits per heavy atom. The molecule has 0 bridgehead atoms. The molecule has 3 nitrogen and oxygen atoms in total. The average Bonchev–Trinajstić information content (AvgIpc) is 2.29. The molecular formula is C14H19BrO3. The van der Waals surface area contributed by atoms with E-state index < -0.39 is 0 Å². The minimum absolute atomic E-state index is 0.0162. The van der Waals surface area contributed by atoms with Crippen molar-refractivity contribution in [1.29, 1.82) is 0 Å². The largest absolute Gasteiger partial charge is 0.496 e. The Morgan fingerprint density at radius 1 is 1.28 bits per heavy atom. The van der Waals surface area contributed by atoms with E-state index in [-0.39, 0.29) is 17.8 Å². The van der Waals surface area contributed by atoms with Crippen molar-refractivity contribution in [2.75, 3.05) is 14.2 Å². The van der Waals surface area contributed by atoms with Gasteiger partial charge in [-0.2, -0.15) is 0 Å². The van der Waals surface area contributed by atoms with Crippen LogP contribution >= 0.6 is 15.9 Å². The van der Waals surface area contributed by atoms with Gasteiger partial charge in [0, 0.05) is 10.0 Å². The zero-order chi connectivity index (χ0) is 13.9. The third-order valence-corrected chi connectivity index (χ3v) is 3.48. The number of halogens is 1. The number of hydrogen-bond acceptors (Lipinski definition) is 3. The molecule has 0 aliphatic rings. The highest BCUT2D eigenvalue weighted by Crippen LogP contribution is 2.35. The first-order chi connectivity index (χ1) is 8.29. The minimum Gasteiger partial charge on any atom is -0.496 e. The lowest BCUT2D eigenvalue weighted by Gasteiger charge is -2.23. The van der Waals surface area contributed by atoms with Crippen molar-refractivity contribution in [2.24, 2.45) is 0 Å². The Morgan fingerprint density at radius 2 is 1.89 bits per heavy atom. The Kier molecular flexibility index (Phi) is 4.79. The summed E-state index contributed by atoms with van der Waals surface area (Å²) in [6.45, 7) is 6.37. The van der Waals surface area contributed by atoms with Crippen molar-refractivity contribution in [3.63, 3.8) is 0 Å². The lowest BCUT2D eigenvalue weighted by atomic mass is 9.85. The summed E-state index contributed by atoms with van der Waals surface area (Å²) in [7, 11) is 3.03. The van der Waals surface area contributed by atoms with E-state index in [1.165, 1.54) is 7.11 Å². The average molecular weight is 315 g/mol. The van der Waals surface area contributed by atoms with E-state index >= 15 is 0 Å². The second kappa shape index (κ2) is 5.74. The van der Waals surface area contributed by atoms with E-state index in [0.717, 1.165) is 21.3 Å². The van der Waals surface area contributed by atoms with Crippen LogP contribution in [0.15, 0.2) is 16.6 Å². The fourth-order valence-corrected chi connectivity index (χ4v) is 2.20. The van der Waals surface area contributed by atoms with Gasteiger partial charge in [0.05, 0.1) is 20.6 Å². The van der Waals surface area contributed by atoms with Crippen molar-refractivity contribution in [3.8, 4) is 5.75 Å². The number of hydrogen-bond donors (Lipinski definition) is 0. The Bertz CT molecular complexity index is 447. The van der Waals surface area contributed by atoms with Gasteiger partial charge in [-0.25, -0.2) is 0 Å². The first-order valence-electron chi connectivity index (χ1n) is 5.73. The topological polar surface area (TPSA) is 35.5 Å². The van der Waals surface area contributed by atoms with Crippen LogP contribution in [0, 0.1) is 0 Å². The SMILES string of the molecule is COC(=O)Cc1cc(OC)c(C(C)(C)C)cc1Br. The van der Waals surface area contributed by atoms with E-state index in [2.05, 4.69) is 41.4 Å². The van der Waals surface area contributed by atoms with Crippen LogP contribution in [0.25, 0.3) is 0 Å². The summed E-state index contributed by atoms with van der Waals surface area (Å²) in [5, 5.41) is 0. The van der Waals surface area contributed by atoms with Crippen molar-refractivity contribution in [1.82, 2.24) is 0 Å². The highest BCUT2D eigenvalue weighted by atomic mass is 79.9. The van der Waals surface area contributed by atoms with E-state index in [9.17, 15) is 4.79 Å². The fraction of sp³-hybridized carbons (Fsp3) is 0.500. The Balaban J connectivity index is 3.22. The quantitative estimate of drug-likeness (QED) is 0.801. The number of rotatable bonds is 3. The molecule has 0 aromatic heterocycles. The first-order valence-corrected chi connectivity index (χ1v) is 6.52. The highest BCUT2D eigenvalue weighted by Gasteiger charge is 2.21.